The van der Waals surface area contributed by atoms with Crippen molar-refractivity contribution in [1.82, 2.24) is 4.90 Å². The summed E-state index contributed by atoms with van der Waals surface area (Å²) in [6.45, 7) is 8.01. The zero-order chi connectivity index (χ0) is 13.1. The molecule has 0 saturated carbocycles. The van der Waals surface area contributed by atoms with E-state index in [4.69, 9.17) is 0 Å². The van der Waals surface area contributed by atoms with E-state index in [1.165, 1.54) is 12.0 Å². The van der Waals surface area contributed by atoms with Crippen molar-refractivity contribution in [2.24, 2.45) is 5.92 Å². The summed E-state index contributed by atoms with van der Waals surface area (Å²) in [6, 6.07) is 6.17. The maximum atomic E-state index is 12.2. The maximum Gasteiger partial charge on any atom is 0.321 e. The number of piperidine rings is 1. The summed E-state index contributed by atoms with van der Waals surface area (Å²) in [5.41, 5.74) is 3.21. The predicted molar refractivity (Wildman–Crippen MR) is 74.9 cm³/mol. The van der Waals surface area contributed by atoms with Crippen LogP contribution < -0.4 is 5.32 Å². The molecule has 2 amide bonds. The third-order valence-corrected chi connectivity index (χ3v) is 3.58. The fourth-order valence-corrected chi connectivity index (χ4v) is 2.44. The Hall–Kier alpha value is -1.51. The number of anilines is 1. The van der Waals surface area contributed by atoms with Gasteiger partial charge in [-0.3, -0.25) is 0 Å². The molecule has 1 heterocycles. The predicted octanol–water partition coefficient (Wildman–Crippen LogP) is 3.57. The van der Waals surface area contributed by atoms with Crippen LogP contribution in [0, 0.1) is 19.8 Å². The number of benzene rings is 1. The zero-order valence-corrected chi connectivity index (χ0v) is 11.5. The van der Waals surface area contributed by atoms with Crippen LogP contribution in [0.15, 0.2) is 18.2 Å². The van der Waals surface area contributed by atoms with E-state index in [0.717, 1.165) is 30.8 Å². The van der Waals surface area contributed by atoms with Crippen LogP contribution in [0.1, 0.15) is 30.9 Å². The summed E-state index contributed by atoms with van der Waals surface area (Å²) in [7, 11) is 0. The van der Waals surface area contributed by atoms with E-state index in [-0.39, 0.29) is 6.03 Å². The Morgan fingerprint density at radius 1 is 1.39 bits per heavy atom. The first-order chi connectivity index (χ1) is 8.56. The molecule has 0 spiro atoms. The number of carbonyl (C=O) groups excluding carboxylic acids is 1. The molecule has 1 atom stereocenters. The highest BCUT2D eigenvalue weighted by molar-refractivity contribution is 5.90. The van der Waals surface area contributed by atoms with Crippen LogP contribution in [-0.4, -0.2) is 24.0 Å². The molecule has 1 aliphatic heterocycles. The highest BCUT2D eigenvalue weighted by Crippen LogP contribution is 2.19. The lowest BCUT2D eigenvalue weighted by Gasteiger charge is -2.31. The first kappa shape index (κ1) is 12.9. The van der Waals surface area contributed by atoms with E-state index >= 15 is 0 Å². The number of hydrogen-bond acceptors (Lipinski definition) is 1. The topological polar surface area (TPSA) is 32.3 Å². The number of urea groups is 1. The smallest absolute Gasteiger partial charge is 0.321 e. The number of amides is 2. The summed E-state index contributed by atoms with van der Waals surface area (Å²) in [4.78, 5) is 14.1. The maximum absolute atomic E-state index is 12.2. The van der Waals surface area contributed by atoms with Gasteiger partial charge in [-0.15, -0.1) is 0 Å². The summed E-state index contributed by atoms with van der Waals surface area (Å²) in [5.74, 6) is 0.614. The Balaban J connectivity index is 2.04. The lowest BCUT2D eigenvalue weighted by molar-refractivity contribution is 0.182. The average molecular weight is 246 g/mol. The standard InChI is InChI=1S/C15H22N2O/c1-11-6-7-13(3)14(9-11)16-15(18)17-8-4-5-12(2)10-17/h6-7,9,12H,4-5,8,10H2,1-3H3,(H,16,18)/t12-/m0/s1. The molecular weight excluding hydrogens is 224 g/mol. The van der Waals surface area contributed by atoms with E-state index in [0.29, 0.717) is 5.92 Å². The second-order valence-corrected chi connectivity index (χ2v) is 5.44. The number of likely N-dealkylation sites (tertiary alicyclic amines) is 1. The zero-order valence-electron chi connectivity index (χ0n) is 11.5. The fourth-order valence-electron chi connectivity index (χ4n) is 2.44. The Bertz CT molecular complexity index is 442. The summed E-state index contributed by atoms with van der Waals surface area (Å²) in [6.07, 6.45) is 2.34. The van der Waals surface area contributed by atoms with Crippen molar-refractivity contribution in [3.63, 3.8) is 0 Å². The molecule has 0 unspecified atom stereocenters. The van der Waals surface area contributed by atoms with Crippen LogP contribution >= 0.6 is 0 Å². The van der Waals surface area contributed by atoms with E-state index < -0.39 is 0 Å². The van der Waals surface area contributed by atoms with Gasteiger partial charge in [0.15, 0.2) is 0 Å². The molecule has 2 rings (SSSR count). The van der Waals surface area contributed by atoms with Gasteiger partial charge < -0.3 is 10.2 Å². The lowest BCUT2D eigenvalue weighted by Crippen LogP contribution is -2.41. The molecule has 0 bridgehead atoms. The molecule has 98 valence electrons. The molecule has 1 fully saturated rings. The molecular formula is C15H22N2O. The van der Waals surface area contributed by atoms with Gasteiger partial charge in [0.05, 0.1) is 0 Å². The molecule has 3 nitrogen and oxygen atoms in total. The minimum Gasteiger partial charge on any atom is -0.324 e. The van der Waals surface area contributed by atoms with Crippen molar-refractivity contribution in [1.29, 1.82) is 0 Å². The molecule has 18 heavy (non-hydrogen) atoms. The van der Waals surface area contributed by atoms with E-state index in [9.17, 15) is 4.79 Å². The Labute approximate surface area is 109 Å². The molecule has 0 aliphatic carbocycles. The van der Waals surface area contributed by atoms with Crippen molar-refractivity contribution in [3.05, 3.63) is 29.3 Å². The van der Waals surface area contributed by atoms with Crippen molar-refractivity contribution in [2.75, 3.05) is 18.4 Å². The SMILES string of the molecule is Cc1ccc(C)c(NC(=O)N2CCC[C@H](C)C2)c1. The normalized spacial score (nSPS) is 19.7. The van der Waals surface area contributed by atoms with Gasteiger partial charge in [0, 0.05) is 18.8 Å². The van der Waals surface area contributed by atoms with Crippen LogP contribution in [0.4, 0.5) is 10.5 Å². The highest BCUT2D eigenvalue weighted by atomic mass is 16.2. The second-order valence-electron chi connectivity index (χ2n) is 5.44. The highest BCUT2D eigenvalue weighted by Gasteiger charge is 2.21. The van der Waals surface area contributed by atoms with Crippen molar-refractivity contribution < 1.29 is 4.79 Å². The van der Waals surface area contributed by atoms with Gasteiger partial charge in [0.2, 0.25) is 0 Å². The van der Waals surface area contributed by atoms with Gasteiger partial charge in [-0.1, -0.05) is 19.1 Å². The first-order valence-electron chi connectivity index (χ1n) is 6.69. The van der Waals surface area contributed by atoms with Crippen LogP contribution in [0.2, 0.25) is 0 Å². The lowest BCUT2D eigenvalue weighted by atomic mass is 10.0. The Kier molecular flexibility index (Phi) is 3.90. The number of nitrogens with zero attached hydrogens (tertiary/aromatic N) is 1. The average Bonchev–Trinajstić information content (AvgIpc) is 2.34. The molecule has 1 aliphatic rings. The van der Waals surface area contributed by atoms with Crippen molar-refractivity contribution >= 4 is 11.7 Å². The largest absolute Gasteiger partial charge is 0.324 e. The minimum atomic E-state index is 0.0373. The molecule has 1 N–H and O–H groups in total. The van der Waals surface area contributed by atoms with Gasteiger partial charge in [-0.05, 0) is 49.8 Å². The van der Waals surface area contributed by atoms with E-state index in [1.54, 1.807) is 0 Å². The van der Waals surface area contributed by atoms with Gasteiger partial charge in [-0.25, -0.2) is 4.79 Å². The number of rotatable bonds is 1. The monoisotopic (exact) mass is 246 g/mol. The van der Waals surface area contributed by atoms with Gasteiger partial charge >= 0.3 is 6.03 Å². The minimum absolute atomic E-state index is 0.0373. The number of aryl methyl sites for hydroxylation is 2. The molecule has 0 radical (unpaired) electrons. The second kappa shape index (κ2) is 5.42. The van der Waals surface area contributed by atoms with Crippen molar-refractivity contribution in [3.8, 4) is 0 Å². The molecule has 0 aromatic heterocycles. The third-order valence-electron chi connectivity index (χ3n) is 3.58. The van der Waals surface area contributed by atoms with Crippen LogP contribution in [0.3, 0.4) is 0 Å². The van der Waals surface area contributed by atoms with Gasteiger partial charge in [-0.2, -0.15) is 0 Å². The Morgan fingerprint density at radius 2 is 2.17 bits per heavy atom. The van der Waals surface area contributed by atoms with E-state index in [2.05, 4.69) is 18.3 Å². The number of carbonyl (C=O) groups is 1. The van der Waals surface area contributed by atoms with Crippen LogP contribution in [-0.2, 0) is 0 Å². The summed E-state index contributed by atoms with van der Waals surface area (Å²) < 4.78 is 0. The number of hydrogen-bond donors (Lipinski definition) is 1. The molecule has 3 heteroatoms. The van der Waals surface area contributed by atoms with Crippen LogP contribution in [0.25, 0.3) is 0 Å². The molecule has 1 saturated heterocycles. The first-order valence-corrected chi connectivity index (χ1v) is 6.69. The van der Waals surface area contributed by atoms with E-state index in [1.807, 2.05) is 30.9 Å². The van der Waals surface area contributed by atoms with Crippen LogP contribution in [0.5, 0.6) is 0 Å². The summed E-state index contributed by atoms with van der Waals surface area (Å²) >= 11 is 0. The third kappa shape index (κ3) is 3.03. The molecule has 1 aromatic carbocycles. The van der Waals surface area contributed by atoms with Crippen molar-refractivity contribution in [2.45, 2.75) is 33.6 Å². The number of nitrogens with one attached hydrogen (secondary N) is 1. The van der Waals surface area contributed by atoms with Gasteiger partial charge in [0.25, 0.3) is 0 Å². The quantitative estimate of drug-likeness (QED) is 0.807. The molecule has 1 aromatic rings. The van der Waals surface area contributed by atoms with Gasteiger partial charge in [0.1, 0.15) is 0 Å². The fraction of sp³-hybridized carbons (Fsp3) is 0.533. The summed E-state index contributed by atoms with van der Waals surface area (Å²) in [5, 5.41) is 3.03. The Morgan fingerprint density at radius 3 is 2.89 bits per heavy atom.